The summed E-state index contributed by atoms with van der Waals surface area (Å²) < 4.78 is 10.6. The van der Waals surface area contributed by atoms with Crippen LogP contribution < -0.4 is 20.5 Å². The van der Waals surface area contributed by atoms with E-state index in [2.05, 4.69) is 29.6 Å². The van der Waals surface area contributed by atoms with Gasteiger partial charge in [-0.15, -0.1) is 0 Å². The lowest BCUT2D eigenvalue weighted by atomic mass is 9.88. The highest BCUT2D eigenvalue weighted by atomic mass is 16.5. The van der Waals surface area contributed by atoms with Crippen LogP contribution in [0.1, 0.15) is 33.8 Å². The Morgan fingerprint density at radius 3 is 2.06 bits per heavy atom. The van der Waals surface area contributed by atoms with Crippen molar-refractivity contribution in [3.63, 3.8) is 0 Å². The van der Waals surface area contributed by atoms with Crippen molar-refractivity contribution in [3.8, 4) is 11.5 Å². The van der Waals surface area contributed by atoms with Crippen molar-refractivity contribution in [2.45, 2.75) is 12.3 Å². The topological polar surface area (TPSA) is 90.7 Å². The van der Waals surface area contributed by atoms with Crippen molar-refractivity contribution in [3.05, 3.63) is 95.6 Å². The van der Waals surface area contributed by atoms with Gasteiger partial charge in [-0.25, -0.2) is 0 Å². The zero-order valence-corrected chi connectivity index (χ0v) is 17.4. The summed E-state index contributed by atoms with van der Waals surface area (Å²) in [5.41, 5.74) is 7.97. The van der Waals surface area contributed by atoms with Gasteiger partial charge in [-0.3, -0.25) is 9.59 Å². The number of hydrogen-bond donors (Lipinski definition) is 2. The third-order valence-electron chi connectivity index (χ3n) is 4.92. The lowest BCUT2D eigenvalue weighted by molar-refractivity contribution is -0.119. The number of amides is 2. The third kappa shape index (κ3) is 6.09. The summed E-state index contributed by atoms with van der Waals surface area (Å²) in [4.78, 5) is 23.6. The van der Waals surface area contributed by atoms with Gasteiger partial charge in [-0.1, -0.05) is 60.7 Å². The summed E-state index contributed by atoms with van der Waals surface area (Å²) in [6.45, 7) is 0.248. The van der Waals surface area contributed by atoms with Crippen LogP contribution in [0.5, 0.6) is 11.5 Å². The van der Waals surface area contributed by atoms with E-state index >= 15 is 0 Å². The molecule has 0 aromatic heterocycles. The molecule has 160 valence electrons. The maximum atomic E-state index is 12.7. The molecule has 0 saturated carbocycles. The standard InChI is InChI=1S/C25H26N2O4/c1-30-23-16-20(12-13-22(23)31-17-24(26)28)25(29)27-15-14-21(18-8-4-2-5-9-18)19-10-6-3-7-11-19/h2-13,16,21H,14-15,17H2,1H3,(H2,26,28)(H,27,29). The molecule has 31 heavy (non-hydrogen) atoms. The summed E-state index contributed by atoms with van der Waals surface area (Å²) in [6.07, 6.45) is 0.761. The molecule has 0 unspecified atom stereocenters. The predicted molar refractivity (Wildman–Crippen MR) is 119 cm³/mol. The Hall–Kier alpha value is -3.80. The van der Waals surface area contributed by atoms with E-state index in [0.29, 0.717) is 23.6 Å². The monoisotopic (exact) mass is 418 g/mol. The van der Waals surface area contributed by atoms with Crippen molar-refractivity contribution < 1.29 is 19.1 Å². The molecule has 0 bridgehead atoms. The minimum Gasteiger partial charge on any atom is -0.493 e. The Balaban J connectivity index is 1.66. The van der Waals surface area contributed by atoms with Gasteiger partial charge < -0.3 is 20.5 Å². The van der Waals surface area contributed by atoms with E-state index in [0.717, 1.165) is 6.42 Å². The van der Waals surface area contributed by atoms with Gasteiger partial charge in [0, 0.05) is 18.0 Å². The quantitative estimate of drug-likeness (QED) is 0.527. The SMILES string of the molecule is COc1cc(C(=O)NCCC(c2ccccc2)c2ccccc2)ccc1OCC(N)=O. The van der Waals surface area contributed by atoms with Gasteiger partial charge in [-0.05, 0) is 35.7 Å². The summed E-state index contributed by atoms with van der Waals surface area (Å²) in [5.74, 6) is 0.100. The number of nitrogens with two attached hydrogens (primary N) is 1. The van der Waals surface area contributed by atoms with Crippen LogP contribution in [0.2, 0.25) is 0 Å². The number of methoxy groups -OCH3 is 1. The molecule has 6 nitrogen and oxygen atoms in total. The largest absolute Gasteiger partial charge is 0.493 e. The lowest BCUT2D eigenvalue weighted by Crippen LogP contribution is -2.26. The van der Waals surface area contributed by atoms with E-state index in [4.69, 9.17) is 15.2 Å². The first kappa shape index (κ1) is 21.9. The van der Waals surface area contributed by atoms with Gasteiger partial charge in [0.1, 0.15) is 0 Å². The molecule has 0 radical (unpaired) electrons. The second kappa shape index (κ2) is 10.8. The molecule has 0 fully saturated rings. The molecule has 0 atom stereocenters. The van der Waals surface area contributed by atoms with Crippen molar-refractivity contribution in [2.24, 2.45) is 5.73 Å². The fraction of sp³-hybridized carbons (Fsp3) is 0.200. The number of nitrogens with one attached hydrogen (secondary N) is 1. The number of primary amides is 1. The molecule has 3 aromatic carbocycles. The smallest absolute Gasteiger partial charge is 0.255 e. The number of carbonyl (C=O) groups excluding carboxylic acids is 2. The molecular formula is C25H26N2O4. The van der Waals surface area contributed by atoms with Crippen LogP contribution in [0.15, 0.2) is 78.9 Å². The highest BCUT2D eigenvalue weighted by Crippen LogP contribution is 2.29. The second-order valence-corrected chi connectivity index (χ2v) is 7.04. The number of hydrogen-bond acceptors (Lipinski definition) is 4. The van der Waals surface area contributed by atoms with Crippen molar-refractivity contribution in [1.29, 1.82) is 0 Å². The van der Waals surface area contributed by atoms with Crippen LogP contribution >= 0.6 is 0 Å². The molecule has 3 rings (SSSR count). The minimum absolute atomic E-state index is 0.182. The Kier molecular flexibility index (Phi) is 7.65. The van der Waals surface area contributed by atoms with Gasteiger partial charge in [-0.2, -0.15) is 0 Å². The molecular weight excluding hydrogens is 392 g/mol. The third-order valence-corrected chi connectivity index (χ3v) is 4.92. The lowest BCUT2D eigenvalue weighted by Gasteiger charge is -2.18. The van der Waals surface area contributed by atoms with Crippen molar-refractivity contribution in [2.75, 3.05) is 20.3 Å². The first-order valence-electron chi connectivity index (χ1n) is 10.1. The maximum Gasteiger partial charge on any atom is 0.255 e. The average Bonchev–Trinajstić information content (AvgIpc) is 2.81. The first-order valence-corrected chi connectivity index (χ1v) is 10.1. The fourth-order valence-corrected chi connectivity index (χ4v) is 3.41. The van der Waals surface area contributed by atoms with Crippen LogP contribution in [0.4, 0.5) is 0 Å². The van der Waals surface area contributed by atoms with Crippen LogP contribution in [0, 0.1) is 0 Å². The van der Waals surface area contributed by atoms with Gasteiger partial charge in [0.05, 0.1) is 7.11 Å². The maximum absolute atomic E-state index is 12.7. The first-order chi connectivity index (χ1) is 15.1. The summed E-state index contributed by atoms with van der Waals surface area (Å²) in [6, 6.07) is 25.3. The van der Waals surface area contributed by atoms with Crippen LogP contribution in [0.3, 0.4) is 0 Å². The summed E-state index contributed by atoms with van der Waals surface area (Å²) >= 11 is 0. The number of benzene rings is 3. The van der Waals surface area contributed by atoms with Gasteiger partial charge >= 0.3 is 0 Å². The van der Waals surface area contributed by atoms with E-state index < -0.39 is 5.91 Å². The molecule has 2 amide bonds. The Bertz CT molecular complexity index is 967. The van der Waals surface area contributed by atoms with E-state index in [9.17, 15) is 9.59 Å². The van der Waals surface area contributed by atoms with Crippen molar-refractivity contribution in [1.82, 2.24) is 5.32 Å². The Morgan fingerprint density at radius 2 is 1.52 bits per heavy atom. The predicted octanol–water partition coefficient (Wildman–Crippen LogP) is 3.51. The van der Waals surface area contributed by atoms with E-state index in [1.807, 2.05) is 36.4 Å². The molecule has 3 aromatic rings. The van der Waals surface area contributed by atoms with Gasteiger partial charge in [0.25, 0.3) is 11.8 Å². The van der Waals surface area contributed by atoms with Crippen LogP contribution in [0.25, 0.3) is 0 Å². The van der Waals surface area contributed by atoms with Crippen molar-refractivity contribution >= 4 is 11.8 Å². The Morgan fingerprint density at radius 1 is 0.903 bits per heavy atom. The molecule has 0 aliphatic rings. The molecule has 0 aliphatic heterocycles. The zero-order valence-electron chi connectivity index (χ0n) is 17.4. The molecule has 0 aliphatic carbocycles. The van der Waals surface area contributed by atoms with Crippen LogP contribution in [-0.2, 0) is 4.79 Å². The molecule has 3 N–H and O–H groups in total. The molecule has 0 saturated heterocycles. The molecule has 0 heterocycles. The normalized spacial score (nSPS) is 10.5. The average molecular weight is 418 g/mol. The van der Waals surface area contributed by atoms with Gasteiger partial charge in [0.2, 0.25) is 0 Å². The summed E-state index contributed by atoms with van der Waals surface area (Å²) in [5, 5.41) is 2.98. The highest BCUT2D eigenvalue weighted by molar-refractivity contribution is 5.94. The highest BCUT2D eigenvalue weighted by Gasteiger charge is 2.16. The number of rotatable bonds is 10. The minimum atomic E-state index is -0.588. The fourth-order valence-electron chi connectivity index (χ4n) is 3.41. The molecule has 0 spiro atoms. The number of ether oxygens (including phenoxy) is 2. The summed E-state index contributed by atoms with van der Waals surface area (Å²) in [7, 11) is 1.47. The second-order valence-electron chi connectivity index (χ2n) is 7.04. The van der Waals surface area contributed by atoms with E-state index in [-0.39, 0.29) is 18.4 Å². The van der Waals surface area contributed by atoms with Crippen LogP contribution in [-0.4, -0.2) is 32.1 Å². The number of carbonyl (C=O) groups is 2. The van der Waals surface area contributed by atoms with Gasteiger partial charge in [0.15, 0.2) is 18.1 Å². The molecule has 6 heteroatoms. The van der Waals surface area contributed by atoms with E-state index in [1.165, 1.54) is 18.2 Å². The van der Waals surface area contributed by atoms with E-state index in [1.54, 1.807) is 18.2 Å². The Labute approximate surface area is 182 Å². The zero-order chi connectivity index (χ0) is 22.1.